The van der Waals surface area contributed by atoms with Gasteiger partial charge in [-0.3, -0.25) is 0 Å². The van der Waals surface area contributed by atoms with Gasteiger partial charge in [-0.15, -0.1) is 0 Å². The van der Waals surface area contributed by atoms with Gasteiger partial charge in [0, 0.05) is 30.9 Å². The van der Waals surface area contributed by atoms with E-state index in [1.165, 1.54) is 0 Å². The number of halogens is 3. The Morgan fingerprint density at radius 1 is 1.31 bits per heavy atom. The highest BCUT2D eigenvalue weighted by atomic mass is 19.4. The smallest absolute Gasteiger partial charge is 0.475 e. The molecule has 2 unspecified atom stereocenters. The molecular formula is C19H24F3N5O2. The molecule has 1 aliphatic heterocycles. The molecule has 0 amide bonds. The zero-order valence-electron chi connectivity index (χ0n) is 16.1. The summed E-state index contributed by atoms with van der Waals surface area (Å²) in [6.45, 7) is 5.99. The Bertz CT molecular complexity index is 815. The lowest BCUT2D eigenvalue weighted by Crippen LogP contribution is -2.30. The first-order valence-corrected chi connectivity index (χ1v) is 9.04. The van der Waals surface area contributed by atoms with Crippen LogP contribution in [0, 0.1) is 12.8 Å². The number of nitrogens with zero attached hydrogens (tertiary/aromatic N) is 3. The van der Waals surface area contributed by atoms with Crippen LogP contribution >= 0.6 is 0 Å². The number of aromatic nitrogens is 2. The van der Waals surface area contributed by atoms with Crippen molar-refractivity contribution in [3.63, 3.8) is 0 Å². The molecule has 1 aromatic heterocycles. The van der Waals surface area contributed by atoms with E-state index in [4.69, 9.17) is 15.6 Å². The monoisotopic (exact) mass is 411 g/mol. The summed E-state index contributed by atoms with van der Waals surface area (Å²) in [5.41, 5.74) is 7.06. The Balaban J connectivity index is 0.000000370. The molecule has 0 saturated carbocycles. The van der Waals surface area contributed by atoms with Gasteiger partial charge in [0.15, 0.2) is 0 Å². The van der Waals surface area contributed by atoms with E-state index in [0.717, 1.165) is 42.7 Å². The van der Waals surface area contributed by atoms with Gasteiger partial charge in [-0.05, 0) is 38.3 Å². The third-order valence-electron chi connectivity index (χ3n) is 4.41. The molecule has 0 radical (unpaired) electrons. The first-order chi connectivity index (χ1) is 13.6. The molecule has 2 heterocycles. The molecule has 0 aliphatic carbocycles. The number of para-hydroxylation sites is 1. The predicted molar refractivity (Wildman–Crippen MR) is 104 cm³/mol. The van der Waals surface area contributed by atoms with Crippen molar-refractivity contribution in [3.05, 3.63) is 42.2 Å². The lowest BCUT2D eigenvalue weighted by Gasteiger charge is -2.20. The quantitative estimate of drug-likeness (QED) is 0.709. The van der Waals surface area contributed by atoms with Crippen molar-refractivity contribution >= 4 is 23.3 Å². The maximum Gasteiger partial charge on any atom is 0.490 e. The van der Waals surface area contributed by atoms with Gasteiger partial charge in [-0.25, -0.2) is 14.8 Å². The largest absolute Gasteiger partial charge is 0.490 e. The van der Waals surface area contributed by atoms with Crippen molar-refractivity contribution in [2.24, 2.45) is 11.7 Å². The molecule has 3 rings (SSSR count). The van der Waals surface area contributed by atoms with Crippen molar-refractivity contribution < 1.29 is 23.1 Å². The van der Waals surface area contributed by atoms with E-state index >= 15 is 0 Å². The number of hydrogen-bond acceptors (Lipinski definition) is 6. The SMILES string of the molecule is Cc1nc(Nc2ccccc2)cc(N2CCC(C(C)N)C2)n1.O=C(O)C(F)(F)F. The summed E-state index contributed by atoms with van der Waals surface area (Å²) in [6.07, 6.45) is -3.96. The normalized spacial score (nSPS) is 17.3. The van der Waals surface area contributed by atoms with Crippen molar-refractivity contribution in [3.8, 4) is 0 Å². The summed E-state index contributed by atoms with van der Waals surface area (Å²) in [4.78, 5) is 20.3. The first-order valence-electron chi connectivity index (χ1n) is 9.04. The third-order valence-corrected chi connectivity index (χ3v) is 4.41. The lowest BCUT2D eigenvalue weighted by molar-refractivity contribution is -0.192. The number of carboxylic acid groups (broad SMARTS) is 1. The number of aryl methyl sites for hydroxylation is 1. The molecule has 7 nitrogen and oxygen atoms in total. The van der Waals surface area contributed by atoms with Crippen LogP contribution in [0.3, 0.4) is 0 Å². The van der Waals surface area contributed by atoms with Crippen molar-refractivity contribution in [1.82, 2.24) is 9.97 Å². The molecule has 2 aromatic rings. The van der Waals surface area contributed by atoms with E-state index in [1.54, 1.807) is 0 Å². The number of nitrogens with one attached hydrogen (secondary N) is 1. The maximum absolute atomic E-state index is 10.6. The van der Waals surface area contributed by atoms with Gasteiger partial charge in [-0.2, -0.15) is 13.2 Å². The number of rotatable bonds is 4. The zero-order chi connectivity index (χ0) is 21.6. The summed E-state index contributed by atoms with van der Waals surface area (Å²) < 4.78 is 31.7. The summed E-state index contributed by atoms with van der Waals surface area (Å²) in [5.74, 6) is 0.375. The molecule has 1 saturated heterocycles. The molecular weight excluding hydrogens is 387 g/mol. The number of anilines is 3. The standard InChI is InChI=1S/C17H23N5.C2HF3O2/c1-12(18)14-8-9-22(11-14)17-10-16(19-13(2)20-17)21-15-6-4-3-5-7-15;3-2(4,5)1(6)7/h3-7,10,12,14H,8-9,11,18H2,1-2H3,(H,19,20,21);(H,6,7). The molecule has 2 atom stereocenters. The molecule has 1 aromatic carbocycles. The van der Waals surface area contributed by atoms with Gasteiger partial charge in [0.25, 0.3) is 0 Å². The van der Waals surface area contributed by atoms with Crippen LogP contribution in [-0.2, 0) is 4.79 Å². The van der Waals surface area contributed by atoms with Crippen LogP contribution in [0.25, 0.3) is 0 Å². The highest BCUT2D eigenvalue weighted by Crippen LogP contribution is 2.26. The number of benzene rings is 1. The number of alkyl halides is 3. The molecule has 1 aliphatic rings. The highest BCUT2D eigenvalue weighted by molar-refractivity contribution is 5.73. The van der Waals surface area contributed by atoms with Crippen LogP contribution < -0.4 is 16.0 Å². The van der Waals surface area contributed by atoms with Gasteiger partial charge >= 0.3 is 12.1 Å². The molecule has 0 bridgehead atoms. The van der Waals surface area contributed by atoms with Crippen LogP contribution in [0.5, 0.6) is 0 Å². The van der Waals surface area contributed by atoms with Gasteiger partial charge in [-0.1, -0.05) is 18.2 Å². The number of nitrogens with two attached hydrogens (primary N) is 1. The third kappa shape index (κ3) is 6.90. The van der Waals surface area contributed by atoms with Crippen LogP contribution in [0.2, 0.25) is 0 Å². The van der Waals surface area contributed by atoms with Crippen molar-refractivity contribution in [2.45, 2.75) is 32.5 Å². The second-order valence-electron chi connectivity index (χ2n) is 6.81. The summed E-state index contributed by atoms with van der Waals surface area (Å²) >= 11 is 0. The summed E-state index contributed by atoms with van der Waals surface area (Å²) in [5, 5.41) is 10.5. The fourth-order valence-corrected chi connectivity index (χ4v) is 2.87. The van der Waals surface area contributed by atoms with E-state index in [-0.39, 0.29) is 6.04 Å². The highest BCUT2D eigenvalue weighted by Gasteiger charge is 2.38. The molecule has 29 heavy (non-hydrogen) atoms. The number of carboxylic acids is 1. The summed E-state index contributed by atoms with van der Waals surface area (Å²) in [7, 11) is 0. The van der Waals surface area contributed by atoms with Crippen LogP contribution in [-0.4, -0.2) is 46.4 Å². The zero-order valence-corrected chi connectivity index (χ0v) is 16.1. The summed E-state index contributed by atoms with van der Waals surface area (Å²) in [6, 6.07) is 12.3. The van der Waals surface area contributed by atoms with E-state index in [0.29, 0.717) is 5.92 Å². The average molecular weight is 411 g/mol. The number of carbonyl (C=O) groups is 1. The minimum absolute atomic E-state index is 0.231. The molecule has 0 spiro atoms. The van der Waals surface area contributed by atoms with Gasteiger partial charge < -0.3 is 21.1 Å². The van der Waals surface area contributed by atoms with Crippen LogP contribution in [0.1, 0.15) is 19.2 Å². The Morgan fingerprint density at radius 3 is 2.45 bits per heavy atom. The minimum atomic E-state index is -5.08. The van der Waals surface area contributed by atoms with E-state index < -0.39 is 12.1 Å². The molecule has 1 fully saturated rings. The number of aliphatic carboxylic acids is 1. The maximum atomic E-state index is 10.6. The first kappa shape index (κ1) is 22.4. The second kappa shape index (κ2) is 9.55. The van der Waals surface area contributed by atoms with Gasteiger partial charge in [0.05, 0.1) is 0 Å². The molecule has 10 heteroatoms. The number of hydrogen-bond donors (Lipinski definition) is 3. The molecule has 158 valence electrons. The van der Waals surface area contributed by atoms with Crippen LogP contribution in [0.15, 0.2) is 36.4 Å². The Morgan fingerprint density at radius 2 is 1.93 bits per heavy atom. The van der Waals surface area contributed by atoms with E-state index in [2.05, 4.69) is 27.1 Å². The molecule has 4 N–H and O–H groups in total. The van der Waals surface area contributed by atoms with Gasteiger partial charge in [0.2, 0.25) is 0 Å². The Labute approximate surface area is 166 Å². The van der Waals surface area contributed by atoms with E-state index in [1.807, 2.05) is 43.3 Å². The predicted octanol–water partition coefficient (Wildman–Crippen LogP) is 3.34. The second-order valence-corrected chi connectivity index (χ2v) is 6.81. The van der Waals surface area contributed by atoms with Crippen molar-refractivity contribution in [2.75, 3.05) is 23.3 Å². The minimum Gasteiger partial charge on any atom is -0.475 e. The van der Waals surface area contributed by atoms with Crippen LogP contribution in [0.4, 0.5) is 30.5 Å². The fraction of sp³-hybridized carbons (Fsp3) is 0.421. The van der Waals surface area contributed by atoms with E-state index in [9.17, 15) is 13.2 Å². The topological polar surface area (TPSA) is 104 Å². The van der Waals surface area contributed by atoms with Crippen molar-refractivity contribution in [1.29, 1.82) is 0 Å². The fourth-order valence-electron chi connectivity index (χ4n) is 2.87. The lowest BCUT2D eigenvalue weighted by atomic mass is 10.0. The van der Waals surface area contributed by atoms with Gasteiger partial charge in [0.1, 0.15) is 17.5 Å². The Hall–Kier alpha value is -2.88. The Kier molecular flexibility index (Phi) is 7.38. The average Bonchev–Trinajstić information content (AvgIpc) is 3.12.